The minimum absolute atomic E-state index is 0.127. The summed E-state index contributed by atoms with van der Waals surface area (Å²) in [4.78, 5) is 0. The molecule has 0 bridgehead atoms. The zero-order valence-corrected chi connectivity index (χ0v) is 12.9. The Hall–Kier alpha value is -1.96. The monoisotopic (exact) mass is 269 g/mol. The lowest BCUT2D eigenvalue weighted by atomic mass is 9.85. The van der Waals surface area contributed by atoms with Crippen LogP contribution in [0.2, 0.25) is 0 Å². The highest BCUT2D eigenvalue weighted by Crippen LogP contribution is 2.35. The van der Waals surface area contributed by atoms with Crippen LogP contribution in [0.5, 0.6) is 5.75 Å². The summed E-state index contributed by atoms with van der Waals surface area (Å²) in [6.07, 6.45) is 0. The van der Waals surface area contributed by atoms with Gasteiger partial charge in [-0.3, -0.25) is 0 Å². The van der Waals surface area contributed by atoms with Gasteiger partial charge >= 0.3 is 0 Å². The maximum atomic E-state index is 5.52. The Morgan fingerprint density at radius 1 is 1.00 bits per heavy atom. The Labute approximate surface area is 121 Å². The van der Waals surface area contributed by atoms with Crippen LogP contribution in [0.4, 0.5) is 5.69 Å². The number of nitrogens with one attached hydrogen (secondary N) is 1. The third-order valence-corrected chi connectivity index (χ3v) is 3.53. The first-order chi connectivity index (χ1) is 9.45. The summed E-state index contributed by atoms with van der Waals surface area (Å²) < 4.78 is 5.52. The standard InChI is InChI=1S/C18H23NO/c1-18(2,3)14-9-10-17(20-5)16(12-14)13-7-6-8-15(11-13)19-4/h6-12,19H,1-5H3. The first-order valence-corrected chi connectivity index (χ1v) is 6.92. The summed E-state index contributed by atoms with van der Waals surface area (Å²) in [5, 5.41) is 3.18. The van der Waals surface area contributed by atoms with E-state index in [9.17, 15) is 0 Å². The van der Waals surface area contributed by atoms with E-state index in [-0.39, 0.29) is 5.41 Å². The summed E-state index contributed by atoms with van der Waals surface area (Å²) in [5.41, 5.74) is 4.84. The van der Waals surface area contributed by atoms with Crippen molar-refractivity contribution in [2.45, 2.75) is 26.2 Å². The lowest BCUT2D eigenvalue weighted by Crippen LogP contribution is -2.11. The lowest BCUT2D eigenvalue weighted by Gasteiger charge is -2.21. The summed E-state index contributed by atoms with van der Waals surface area (Å²) in [6, 6.07) is 14.8. The number of hydrogen-bond donors (Lipinski definition) is 1. The van der Waals surface area contributed by atoms with Gasteiger partial charge < -0.3 is 10.1 Å². The van der Waals surface area contributed by atoms with Crippen molar-refractivity contribution in [2.24, 2.45) is 0 Å². The summed E-state index contributed by atoms with van der Waals surface area (Å²) >= 11 is 0. The first-order valence-electron chi connectivity index (χ1n) is 6.92. The average molecular weight is 269 g/mol. The van der Waals surface area contributed by atoms with E-state index in [0.29, 0.717) is 0 Å². The maximum Gasteiger partial charge on any atom is 0.126 e. The SMILES string of the molecule is CNc1cccc(-c2cc(C(C)(C)C)ccc2OC)c1. The number of methoxy groups -OCH3 is 1. The molecule has 0 heterocycles. The topological polar surface area (TPSA) is 21.3 Å². The number of rotatable bonds is 3. The molecule has 2 rings (SSSR count). The quantitative estimate of drug-likeness (QED) is 0.872. The third kappa shape index (κ3) is 2.96. The van der Waals surface area contributed by atoms with Gasteiger partial charge in [0.2, 0.25) is 0 Å². The second-order valence-electron chi connectivity index (χ2n) is 6.00. The van der Waals surface area contributed by atoms with Crippen molar-refractivity contribution >= 4 is 5.69 Å². The summed E-state index contributed by atoms with van der Waals surface area (Å²) in [7, 11) is 3.65. The van der Waals surface area contributed by atoms with Crippen molar-refractivity contribution < 1.29 is 4.74 Å². The average Bonchev–Trinajstić information content (AvgIpc) is 2.45. The van der Waals surface area contributed by atoms with Crippen LogP contribution in [-0.4, -0.2) is 14.2 Å². The molecule has 0 amide bonds. The number of ether oxygens (including phenoxy) is 1. The molecule has 20 heavy (non-hydrogen) atoms. The van der Waals surface area contributed by atoms with Crippen LogP contribution in [0.25, 0.3) is 11.1 Å². The van der Waals surface area contributed by atoms with Crippen LogP contribution in [0.3, 0.4) is 0 Å². The zero-order chi connectivity index (χ0) is 14.8. The second-order valence-corrected chi connectivity index (χ2v) is 6.00. The largest absolute Gasteiger partial charge is 0.496 e. The van der Waals surface area contributed by atoms with Crippen LogP contribution in [0.15, 0.2) is 42.5 Å². The van der Waals surface area contributed by atoms with Crippen LogP contribution in [-0.2, 0) is 5.41 Å². The molecule has 0 atom stereocenters. The molecular formula is C18H23NO. The van der Waals surface area contributed by atoms with Gasteiger partial charge in [-0.1, -0.05) is 39.0 Å². The van der Waals surface area contributed by atoms with Crippen LogP contribution < -0.4 is 10.1 Å². The molecule has 0 saturated heterocycles. The molecule has 2 heteroatoms. The number of benzene rings is 2. The molecule has 1 N–H and O–H groups in total. The predicted molar refractivity (Wildman–Crippen MR) is 86.7 cm³/mol. The van der Waals surface area contributed by atoms with E-state index in [1.807, 2.05) is 7.05 Å². The van der Waals surface area contributed by atoms with E-state index in [1.54, 1.807) is 7.11 Å². The van der Waals surface area contributed by atoms with Crippen molar-refractivity contribution in [3.05, 3.63) is 48.0 Å². The highest BCUT2D eigenvalue weighted by Gasteiger charge is 2.16. The van der Waals surface area contributed by atoms with Crippen molar-refractivity contribution in [1.29, 1.82) is 0 Å². The molecule has 0 unspecified atom stereocenters. The fourth-order valence-corrected chi connectivity index (χ4v) is 2.24. The first kappa shape index (κ1) is 14.4. The minimum Gasteiger partial charge on any atom is -0.496 e. The molecule has 0 saturated carbocycles. The number of hydrogen-bond acceptors (Lipinski definition) is 2. The highest BCUT2D eigenvalue weighted by molar-refractivity contribution is 5.74. The smallest absolute Gasteiger partial charge is 0.126 e. The Bertz CT molecular complexity index is 597. The van der Waals surface area contributed by atoms with E-state index in [0.717, 1.165) is 17.0 Å². The molecule has 0 aliphatic carbocycles. The predicted octanol–water partition coefficient (Wildman–Crippen LogP) is 4.70. The highest BCUT2D eigenvalue weighted by atomic mass is 16.5. The normalized spacial score (nSPS) is 11.2. The van der Waals surface area contributed by atoms with Gasteiger partial charge in [-0.2, -0.15) is 0 Å². The van der Waals surface area contributed by atoms with Gasteiger partial charge in [0.1, 0.15) is 5.75 Å². The van der Waals surface area contributed by atoms with Gasteiger partial charge in [0.15, 0.2) is 0 Å². The Morgan fingerprint density at radius 3 is 2.35 bits per heavy atom. The fourth-order valence-electron chi connectivity index (χ4n) is 2.24. The number of anilines is 1. The van der Waals surface area contributed by atoms with Gasteiger partial charge in [0.05, 0.1) is 7.11 Å². The van der Waals surface area contributed by atoms with Crippen molar-refractivity contribution in [3.63, 3.8) is 0 Å². The van der Waals surface area contributed by atoms with E-state index >= 15 is 0 Å². The molecule has 0 spiro atoms. The van der Waals surface area contributed by atoms with Crippen LogP contribution >= 0.6 is 0 Å². The molecule has 0 fully saturated rings. The van der Waals surface area contributed by atoms with Gasteiger partial charge in [-0.25, -0.2) is 0 Å². The molecule has 2 nitrogen and oxygen atoms in total. The van der Waals surface area contributed by atoms with Gasteiger partial charge in [-0.15, -0.1) is 0 Å². The molecule has 0 aromatic heterocycles. The molecule has 0 radical (unpaired) electrons. The van der Waals surface area contributed by atoms with Gasteiger partial charge in [0, 0.05) is 18.3 Å². The fraction of sp³-hybridized carbons (Fsp3) is 0.333. The van der Waals surface area contributed by atoms with Gasteiger partial charge in [0.25, 0.3) is 0 Å². The molecule has 2 aromatic carbocycles. The molecule has 2 aromatic rings. The van der Waals surface area contributed by atoms with E-state index in [4.69, 9.17) is 4.74 Å². The van der Waals surface area contributed by atoms with E-state index in [1.165, 1.54) is 11.1 Å². The Balaban J connectivity index is 2.58. The van der Waals surface area contributed by atoms with Crippen molar-refractivity contribution in [2.75, 3.05) is 19.5 Å². The lowest BCUT2D eigenvalue weighted by molar-refractivity contribution is 0.416. The molecule has 0 aliphatic heterocycles. The van der Waals surface area contributed by atoms with Crippen molar-refractivity contribution in [3.8, 4) is 16.9 Å². The third-order valence-electron chi connectivity index (χ3n) is 3.53. The second kappa shape index (κ2) is 5.58. The van der Waals surface area contributed by atoms with E-state index < -0.39 is 0 Å². The zero-order valence-electron chi connectivity index (χ0n) is 12.9. The molecular weight excluding hydrogens is 246 g/mol. The minimum atomic E-state index is 0.127. The molecule has 106 valence electrons. The van der Waals surface area contributed by atoms with Crippen molar-refractivity contribution in [1.82, 2.24) is 0 Å². The summed E-state index contributed by atoms with van der Waals surface area (Å²) in [5.74, 6) is 0.909. The Morgan fingerprint density at radius 2 is 1.75 bits per heavy atom. The van der Waals surface area contributed by atoms with E-state index in [2.05, 4.69) is 68.6 Å². The maximum absolute atomic E-state index is 5.52. The molecule has 0 aliphatic rings. The Kier molecular flexibility index (Phi) is 4.03. The van der Waals surface area contributed by atoms with Crippen LogP contribution in [0, 0.1) is 0 Å². The van der Waals surface area contributed by atoms with Crippen LogP contribution in [0.1, 0.15) is 26.3 Å². The summed E-state index contributed by atoms with van der Waals surface area (Å²) in [6.45, 7) is 6.67. The van der Waals surface area contributed by atoms with Gasteiger partial charge in [-0.05, 0) is 40.8 Å².